The third kappa shape index (κ3) is 5.49. The monoisotopic (exact) mass is 432 g/mol. The molecule has 0 heterocycles. The van der Waals surface area contributed by atoms with E-state index in [1.54, 1.807) is 6.07 Å². The molecule has 2 aromatic rings. The van der Waals surface area contributed by atoms with Crippen molar-refractivity contribution in [3.63, 3.8) is 0 Å². The Kier molecular flexibility index (Phi) is 6.47. The van der Waals surface area contributed by atoms with Gasteiger partial charge in [-0.05, 0) is 29.8 Å². The minimum absolute atomic E-state index is 0.194. The Hall–Kier alpha value is -2.02. The molecule has 0 aromatic heterocycles. The Morgan fingerprint density at radius 3 is 2.60 bits per heavy atom. The average Bonchev–Trinajstić information content (AvgIpc) is 2.55. The van der Waals surface area contributed by atoms with Crippen LogP contribution in [0.1, 0.15) is 21.5 Å². The van der Waals surface area contributed by atoms with E-state index >= 15 is 0 Å². The van der Waals surface area contributed by atoms with Crippen LogP contribution in [0.3, 0.4) is 0 Å². The van der Waals surface area contributed by atoms with E-state index in [1.165, 1.54) is 12.1 Å². The first-order valence-electron chi connectivity index (χ1n) is 7.01. The highest BCUT2D eigenvalue weighted by molar-refractivity contribution is 9.10. The lowest BCUT2D eigenvalue weighted by Gasteiger charge is -2.08. The third-order valence-electron chi connectivity index (χ3n) is 3.16. The highest BCUT2D eigenvalue weighted by Gasteiger charge is 2.35. The van der Waals surface area contributed by atoms with Gasteiger partial charge in [0.2, 0.25) is 10.0 Å². The Morgan fingerprint density at radius 2 is 1.92 bits per heavy atom. The third-order valence-corrected chi connectivity index (χ3v) is 4.00. The summed E-state index contributed by atoms with van der Waals surface area (Å²) >= 11 is 9.33. The van der Waals surface area contributed by atoms with Gasteiger partial charge < -0.3 is 0 Å². The van der Waals surface area contributed by atoms with E-state index < -0.39 is 23.2 Å². The van der Waals surface area contributed by atoms with E-state index in [1.807, 2.05) is 12.1 Å². The van der Waals surface area contributed by atoms with Gasteiger partial charge in [-0.25, -0.2) is 0 Å². The standard InChI is InChI=1S/C16H11BrClF3N3O/c17-11-6-5-10(14(18)9-11)7-8-22-24-23-15(25)12-3-1-2-4-13(12)16(19,20)21/h1-6,9H,7-8H2/q+1. The molecule has 0 spiro atoms. The van der Waals surface area contributed by atoms with E-state index in [0.29, 0.717) is 11.4 Å². The van der Waals surface area contributed by atoms with Crippen LogP contribution in [0.2, 0.25) is 5.02 Å². The van der Waals surface area contributed by atoms with Crippen LogP contribution in [-0.2, 0) is 12.6 Å². The summed E-state index contributed by atoms with van der Waals surface area (Å²) < 4.78 is 39.4. The lowest BCUT2D eigenvalue weighted by atomic mass is 10.1. The minimum Gasteiger partial charge on any atom is -0.259 e. The fourth-order valence-corrected chi connectivity index (χ4v) is 2.75. The van der Waals surface area contributed by atoms with Crippen LogP contribution in [0.5, 0.6) is 0 Å². The van der Waals surface area contributed by atoms with E-state index in [4.69, 9.17) is 11.6 Å². The summed E-state index contributed by atoms with van der Waals surface area (Å²) in [4.78, 5) is 15.1. The number of carbonyl (C=O) groups excluding carboxylic acids is 1. The molecule has 9 heteroatoms. The number of carbonyl (C=O) groups is 1. The van der Waals surface area contributed by atoms with Crippen LogP contribution in [0.4, 0.5) is 13.2 Å². The molecule has 0 aliphatic carbocycles. The van der Waals surface area contributed by atoms with Crippen molar-refractivity contribution >= 4 is 33.4 Å². The van der Waals surface area contributed by atoms with Gasteiger partial charge in [0.25, 0.3) is 0 Å². The average molecular weight is 434 g/mol. The summed E-state index contributed by atoms with van der Waals surface area (Å²) in [6.07, 6.45) is -4.18. The first-order valence-corrected chi connectivity index (χ1v) is 8.18. The lowest BCUT2D eigenvalue weighted by Crippen LogP contribution is -2.11. The van der Waals surface area contributed by atoms with Gasteiger partial charge in [0.1, 0.15) is 11.7 Å². The molecular formula is C16H11BrClF3N3O+. The first-order chi connectivity index (χ1) is 11.8. The number of rotatable bonds is 4. The number of halogens is 5. The lowest BCUT2D eigenvalue weighted by molar-refractivity contribution is -0.137. The number of benzene rings is 2. The smallest absolute Gasteiger partial charge is 0.259 e. The van der Waals surface area contributed by atoms with Crippen molar-refractivity contribution in [2.24, 2.45) is 10.2 Å². The summed E-state index contributed by atoms with van der Waals surface area (Å²) in [5, 5.41) is 7.44. The molecule has 0 aliphatic rings. The molecule has 0 saturated heterocycles. The van der Waals surface area contributed by atoms with Crippen molar-refractivity contribution in [1.29, 1.82) is 0 Å². The maximum Gasteiger partial charge on any atom is 0.417 e. The summed E-state index contributed by atoms with van der Waals surface area (Å²) in [5.74, 6) is -1.10. The van der Waals surface area contributed by atoms with Crippen molar-refractivity contribution < 1.29 is 18.0 Å². The zero-order chi connectivity index (χ0) is 18.4. The largest absolute Gasteiger partial charge is 0.417 e. The summed E-state index contributed by atoms with van der Waals surface area (Å²) in [7, 11) is 0. The topological polar surface area (TPSA) is 55.9 Å². The Labute approximate surface area is 154 Å². The zero-order valence-electron chi connectivity index (χ0n) is 12.6. The maximum absolute atomic E-state index is 12.8. The van der Waals surface area contributed by atoms with Crippen LogP contribution in [0, 0.1) is 0 Å². The van der Waals surface area contributed by atoms with Crippen LogP contribution in [0.25, 0.3) is 0 Å². The number of amides is 1. The predicted molar refractivity (Wildman–Crippen MR) is 90.5 cm³/mol. The van der Waals surface area contributed by atoms with Crippen LogP contribution >= 0.6 is 27.5 Å². The SMILES string of the molecule is O=C(N=[N+]=NCCc1ccc(Br)cc1Cl)c1ccccc1C(F)(F)F. The van der Waals surface area contributed by atoms with E-state index in [2.05, 4.69) is 31.1 Å². The fraction of sp³-hybridized carbons (Fsp3) is 0.188. The highest BCUT2D eigenvalue weighted by Crippen LogP contribution is 2.32. The fourth-order valence-electron chi connectivity index (χ4n) is 1.98. The summed E-state index contributed by atoms with van der Waals surface area (Å²) in [6, 6.07) is 9.75. The minimum atomic E-state index is -4.64. The molecular weight excluding hydrogens is 423 g/mol. The van der Waals surface area contributed by atoms with Gasteiger partial charge in [0, 0.05) is 15.9 Å². The van der Waals surface area contributed by atoms with Gasteiger partial charge in [-0.15, -0.1) is 0 Å². The van der Waals surface area contributed by atoms with Crippen molar-refractivity contribution in [3.8, 4) is 0 Å². The first kappa shape index (κ1) is 19.3. The van der Waals surface area contributed by atoms with Gasteiger partial charge in [0.05, 0.1) is 11.1 Å². The molecule has 0 aliphatic heterocycles. The van der Waals surface area contributed by atoms with Gasteiger partial charge in [-0.2, -0.15) is 13.2 Å². The second kappa shape index (κ2) is 8.38. The molecule has 4 nitrogen and oxygen atoms in total. The van der Waals surface area contributed by atoms with Crippen molar-refractivity contribution in [3.05, 3.63) is 68.7 Å². The normalized spacial score (nSPS) is 10.9. The van der Waals surface area contributed by atoms with Crippen molar-refractivity contribution in [2.45, 2.75) is 12.6 Å². The Morgan fingerprint density at radius 1 is 1.20 bits per heavy atom. The highest BCUT2D eigenvalue weighted by atomic mass is 79.9. The molecule has 2 rings (SSSR count). The second-order valence-corrected chi connectivity index (χ2v) is 6.21. The van der Waals surface area contributed by atoms with E-state index in [-0.39, 0.29) is 6.54 Å². The zero-order valence-corrected chi connectivity index (χ0v) is 14.9. The maximum atomic E-state index is 12.8. The molecule has 130 valence electrons. The van der Waals surface area contributed by atoms with Gasteiger partial charge in [-0.1, -0.05) is 45.7 Å². The molecule has 0 fully saturated rings. The number of hydrogen-bond donors (Lipinski definition) is 0. The molecule has 25 heavy (non-hydrogen) atoms. The van der Waals surface area contributed by atoms with Gasteiger partial charge in [-0.3, -0.25) is 4.79 Å². The summed E-state index contributed by atoms with van der Waals surface area (Å²) in [5.41, 5.74) is -0.789. The van der Waals surface area contributed by atoms with E-state index in [9.17, 15) is 18.0 Å². The van der Waals surface area contributed by atoms with E-state index in [0.717, 1.165) is 22.2 Å². The molecule has 0 saturated carbocycles. The van der Waals surface area contributed by atoms with Gasteiger partial charge in [0.15, 0.2) is 0 Å². The van der Waals surface area contributed by atoms with Crippen LogP contribution < -0.4 is 4.91 Å². The Bertz CT molecular complexity index is 849. The Balaban J connectivity index is 2.04. The van der Waals surface area contributed by atoms with Crippen molar-refractivity contribution in [2.75, 3.05) is 6.54 Å². The van der Waals surface area contributed by atoms with Crippen molar-refractivity contribution in [1.82, 2.24) is 4.91 Å². The molecule has 0 unspecified atom stereocenters. The molecule has 0 radical (unpaired) electrons. The molecule has 1 amide bonds. The molecule has 0 bridgehead atoms. The quantitative estimate of drug-likeness (QED) is 0.465. The number of hydrogen-bond acceptors (Lipinski definition) is 2. The van der Waals surface area contributed by atoms with Gasteiger partial charge >= 0.3 is 12.1 Å². The number of alkyl halides is 3. The second-order valence-electron chi connectivity index (χ2n) is 4.89. The summed E-state index contributed by atoms with van der Waals surface area (Å²) in [6.45, 7) is 0.194. The molecule has 0 atom stereocenters. The van der Waals surface area contributed by atoms with Crippen LogP contribution in [-0.4, -0.2) is 12.5 Å². The molecule has 0 N–H and O–H groups in total. The predicted octanol–water partition coefficient (Wildman–Crippen LogP) is 5.48. The van der Waals surface area contributed by atoms with Crippen LogP contribution in [0.15, 0.2) is 57.2 Å². The molecule has 2 aromatic carbocycles. The number of nitrogens with zero attached hydrogens (tertiary/aromatic N) is 3.